The highest BCUT2D eigenvalue weighted by Gasteiger charge is 2.27. The Morgan fingerprint density at radius 3 is 3.00 bits per heavy atom. The maximum atomic E-state index is 12.7. The number of nitrogens with two attached hydrogens (primary N) is 1. The molecule has 2 aromatic rings. The molecule has 3 N–H and O–H groups in total. The van der Waals surface area contributed by atoms with Crippen molar-refractivity contribution in [2.75, 3.05) is 13.1 Å². The summed E-state index contributed by atoms with van der Waals surface area (Å²) >= 11 is 0. The van der Waals surface area contributed by atoms with Crippen LogP contribution in [0.3, 0.4) is 0 Å². The zero-order chi connectivity index (χ0) is 13.4. The Morgan fingerprint density at radius 2 is 2.21 bits per heavy atom. The van der Waals surface area contributed by atoms with E-state index in [4.69, 9.17) is 5.73 Å². The normalized spacial score (nSPS) is 23.8. The average Bonchev–Trinajstić information content (AvgIpc) is 2.84. The van der Waals surface area contributed by atoms with Crippen molar-refractivity contribution in [1.82, 2.24) is 9.88 Å². The second-order valence-electron chi connectivity index (χ2n) is 5.56. The molecular weight excluding hydrogens is 238 g/mol. The zero-order valence-corrected chi connectivity index (χ0v) is 11.1. The predicted molar refractivity (Wildman–Crippen MR) is 76.0 cm³/mol. The topological polar surface area (TPSA) is 62.1 Å². The molecular formula is C15H19N3O. The smallest absolute Gasteiger partial charge is 0.254 e. The molecule has 100 valence electrons. The molecule has 1 aliphatic heterocycles. The van der Waals surface area contributed by atoms with E-state index in [9.17, 15) is 4.79 Å². The Morgan fingerprint density at radius 1 is 1.37 bits per heavy atom. The van der Waals surface area contributed by atoms with Crippen LogP contribution in [-0.2, 0) is 0 Å². The minimum Gasteiger partial charge on any atom is -0.361 e. The number of aromatic amines is 1. The molecule has 0 aliphatic carbocycles. The molecule has 1 aromatic carbocycles. The number of fused-ring (bicyclic) bond motifs is 1. The number of carbonyl (C=O) groups is 1. The van der Waals surface area contributed by atoms with Crippen molar-refractivity contribution in [3.8, 4) is 0 Å². The van der Waals surface area contributed by atoms with Gasteiger partial charge in [0.05, 0.1) is 0 Å². The van der Waals surface area contributed by atoms with Gasteiger partial charge in [0.15, 0.2) is 0 Å². The minimum absolute atomic E-state index is 0.0900. The molecule has 4 heteroatoms. The molecule has 4 nitrogen and oxygen atoms in total. The van der Waals surface area contributed by atoms with E-state index in [1.165, 1.54) is 0 Å². The van der Waals surface area contributed by atoms with E-state index in [2.05, 4.69) is 11.9 Å². The van der Waals surface area contributed by atoms with E-state index >= 15 is 0 Å². The van der Waals surface area contributed by atoms with E-state index in [-0.39, 0.29) is 11.9 Å². The quantitative estimate of drug-likeness (QED) is 0.820. The van der Waals surface area contributed by atoms with Crippen LogP contribution >= 0.6 is 0 Å². The van der Waals surface area contributed by atoms with Crippen LogP contribution in [0.5, 0.6) is 0 Å². The fraction of sp³-hybridized carbons (Fsp3) is 0.400. The summed E-state index contributed by atoms with van der Waals surface area (Å²) in [4.78, 5) is 17.7. The van der Waals surface area contributed by atoms with Gasteiger partial charge >= 0.3 is 0 Å². The van der Waals surface area contributed by atoms with E-state index in [0.29, 0.717) is 12.5 Å². The van der Waals surface area contributed by atoms with Gasteiger partial charge in [0.1, 0.15) is 0 Å². The van der Waals surface area contributed by atoms with Crippen LogP contribution < -0.4 is 5.73 Å². The molecule has 0 saturated carbocycles. The second kappa shape index (κ2) is 4.70. The van der Waals surface area contributed by atoms with Gasteiger partial charge in [0.25, 0.3) is 5.91 Å². The lowest BCUT2D eigenvalue weighted by Crippen LogP contribution is -2.48. The number of aromatic nitrogens is 1. The number of nitrogens with one attached hydrogen (secondary N) is 1. The molecule has 0 bridgehead atoms. The van der Waals surface area contributed by atoms with Crippen LogP contribution in [0.1, 0.15) is 23.7 Å². The minimum atomic E-state index is 0.0900. The molecule has 2 heterocycles. The predicted octanol–water partition coefficient (Wildman–Crippen LogP) is 1.98. The number of H-pyrrole nitrogens is 1. The summed E-state index contributed by atoms with van der Waals surface area (Å²) in [6, 6.07) is 7.84. The molecule has 1 aromatic heterocycles. The molecule has 1 amide bonds. The zero-order valence-electron chi connectivity index (χ0n) is 11.1. The molecule has 3 rings (SSSR count). The van der Waals surface area contributed by atoms with Crippen LogP contribution in [0, 0.1) is 5.92 Å². The number of carbonyl (C=O) groups excluding carboxylic acids is 1. The number of hydrogen-bond acceptors (Lipinski definition) is 2. The molecule has 2 atom stereocenters. The van der Waals surface area contributed by atoms with Crippen LogP contribution in [0.25, 0.3) is 10.9 Å². The Hall–Kier alpha value is -1.81. The van der Waals surface area contributed by atoms with Crippen molar-refractivity contribution in [2.24, 2.45) is 11.7 Å². The van der Waals surface area contributed by atoms with Crippen molar-refractivity contribution in [1.29, 1.82) is 0 Å². The van der Waals surface area contributed by atoms with Gasteiger partial charge in [-0.2, -0.15) is 0 Å². The molecule has 0 spiro atoms. The lowest BCUT2D eigenvalue weighted by Gasteiger charge is -2.35. The van der Waals surface area contributed by atoms with Crippen LogP contribution in [0.4, 0.5) is 0 Å². The van der Waals surface area contributed by atoms with Crippen molar-refractivity contribution in [3.05, 3.63) is 36.0 Å². The summed E-state index contributed by atoms with van der Waals surface area (Å²) in [5.74, 6) is 0.560. The first kappa shape index (κ1) is 12.2. The lowest BCUT2D eigenvalue weighted by molar-refractivity contribution is 0.0663. The van der Waals surface area contributed by atoms with E-state index in [1.807, 2.05) is 35.4 Å². The number of hydrogen-bond donors (Lipinski definition) is 2. The molecule has 2 unspecified atom stereocenters. The first-order chi connectivity index (χ1) is 9.15. The molecule has 1 aliphatic rings. The number of likely N-dealkylation sites (tertiary alicyclic amines) is 1. The SMILES string of the molecule is CC1CC(N)CN(C(=O)c2cccc3[nH]ccc23)C1. The first-order valence-electron chi connectivity index (χ1n) is 6.76. The Labute approximate surface area is 112 Å². The molecule has 1 fully saturated rings. The second-order valence-corrected chi connectivity index (χ2v) is 5.56. The number of rotatable bonds is 1. The molecule has 0 radical (unpaired) electrons. The maximum Gasteiger partial charge on any atom is 0.254 e. The summed E-state index contributed by atoms with van der Waals surface area (Å²) in [7, 11) is 0. The summed E-state index contributed by atoms with van der Waals surface area (Å²) < 4.78 is 0. The van der Waals surface area contributed by atoms with Gasteiger partial charge in [-0.15, -0.1) is 0 Å². The van der Waals surface area contributed by atoms with Crippen molar-refractivity contribution in [2.45, 2.75) is 19.4 Å². The van der Waals surface area contributed by atoms with Crippen LogP contribution in [0.2, 0.25) is 0 Å². The number of benzene rings is 1. The van der Waals surface area contributed by atoms with E-state index < -0.39 is 0 Å². The van der Waals surface area contributed by atoms with Gasteiger partial charge in [-0.1, -0.05) is 13.0 Å². The Kier molecular flexibility index (Phi) is 3.03. The number of amides is 1. The fourth-order valence-electron chi connectivity index (χ4n) is 3.01. The van der Waals surface area contributed by atoms with Gasteiger partial charge in [-0.25, -0.2) is 0 Å². The highest BCUT2D eigenvalue weighted by Crippen LogP contribution is 2.22. The average molecular weight is 257 g/mol. The third kappa shape index (κ3) is 2.24. The van der Waals surface area contributed by atoms with E-state index in [0.717, 1.165) is 29.4 Å². The van der Waals surface area contributed by atoms with Crippen LogP contribution in [0.15, 0.2) is 30.5 Å². The van der Waals surface area contributed by atoms with Gasteiger partial charge in [0.2, 0.25) is 0 Å². The summed E-state index contributed by atoms with van der Waals surface area (Å²) in [6.45, 7) is 3.60. The molecule has 1 saturated heterocycles. The van der Waals surface area contributed by atoms with Crippen molar-refractivity contribution in [3.63, 3.8) is 0 Å². The highest BCUT2D eigenvalue weighted by atomic mass is 16.2. The van der Waals surface area contributed by atoms with Crippen molar-refractivity contribution < 1.29 is 4.79 Å². The number of nitrogens with zero attached hydrogens (tertiary/aromatic N) is 1. The fourth-order valence-corrected chi connectivity index (χ4v) is 3.01. The van der Waals surface area contributed by atoms with E-state index in [1.54, 1.807) is 0 Å². The molecule has 19 heavy (non-hydrogen) atoms. The largest absolute Gasteiger partial charge is 0.361 e. The van der Waals surface area contributed by atoms with Crippen molar-refractivity contribution >= 4 is 16.8 Å². The summed E-state index contributed by atoms with van der Waals surface area (Å²) in [5.41, 5.74) is 7.79. The van der Waals surface area contributed by atoms with Gasteiger partial charge in [-0.05, 0) is 30.5 Å². The summed E-state index contributed by atoms with van der Waals surface area (Å²) in [5, 5.41) is 0.985. The standard InChI is InChI=1S/C15H19N3O/c1-10-7-11(16)9-18(8-10)15(19)13-3-2-4-14-12(13)5-6-17-14/h2-6,10-11,17H,7-9,16H2,1H3. The first-order valence-corrected chi connectivity index (χ1v) is 6.76. The number of piperidine rings is 1. The summed E-state index contributed by atoms with van der Waals surface area (Å²) in [6.07, 6.45) is 2.87. The third-order valence-corrected chi connectivity index (χ3v) is 3.80. The van der Waals surface area contributed by atoms with Gasteiger partial charge in [0, 0.05) is 41.8 Å². The lowest BCUT2D eigenvalue weighted by atomic mass is 9.95. The Balaban J connectivity index is 1.93. The van der Waals surface area contributed by atoms with Gasteiger partial charge < -0.3 is 15.6 Å². The van der Waals surface area contributed by atoms with Gasteiger partial charge in [-0.3, -0.25) is 4.79 Å². The monoisotopic (exact) mass is 257 g/mol. The Bertz CT molecular complexity index is 594. The highest BCUT2D eigenvalue weighted by molar-refractivity contribution is 6.06. The maximum absolute atomic E-state index is 12.7. The third-order valence-electron chi connectivity index (χ3n) is 3.80. The van der Waals surface area contributed by atoms with Crippen LogP contribution in [-0.4, -0.2) is 34.9 Å².